The lowest BCUT2D eigenvalue weighted by atomic mass is 9.95. The highest BCUT2D eigenvalue weighted by atomic mass is 32.1. The molecule has 0 saturated carbocycles. The number of quaternary nitrogens is 1. The first-order valence-corrected chi connectivity index (χ1v) is 13.7. The molecule has 1 aromatic carbocycles. The number of piperazine rings is 1. The lowest BCUT2D eigenvalue weighted by Crippen LogP contribution is -3.12. The zero-order chi connectivity index (χ0) is 27.7. The van der Waals surface area contributed by atoms with Gasteiger partial charge in [-0.1, -0.05) is 17.4 Å². The Balaban J connectivity index is 1.60. The minimum atomic E-state index is -0.748. The molecule has 1 atom stereocenters. The molecule has 2 aromatic heterocycles. The molecule has 0 aliphatic carbocycles. The fraction of sp³-hybridized carbons (Fsp3) is 0.393. The van der Waals surface area contributed by atoms with Gasteiger partial charge >= 0.3 is 5.97 Å². The van der Waals surface area contributed by atoms with E-state index in [1.807, 2.05) is 18.2 Å². The van der Waals surface area contributed by atoms with Gasteiger partial charge in [-0.25, -0.2) is 9.79 Å². The topological polar surface area (TPSA) is 99.9 Å². The van der Waals surface area contributed by atoms with E-state index in [9.17, 15) is 9.59 Å². The van der Waals surface area contributed by atoms with E-state index >= 15 is 0 Å². The predicted molar refractivity (Wildman–Crippen MR) is 147 cm³/mol. The molecule has 0 unspecified atom stereocenters. The third-order valence-corrected chi connectivity index (χ3v) is 8.04. The number of likely N-dealkylation sites (N-methyl/N-ethyl adjacent to an activating group) is 1. The standard InChI is InChI=1S/C28H32N4O6S/c1-6-37-27(34)24-17(2)29-28-32(25(24)18-7-9-20(35-4)21(15-18)36-5)26(33)22(39-28)16-19-8-10-23(38-19)31-13-11-30(3)12-14-31/h7-10,15-16,25H,6,11-14H2,1-5H3/p+1/b22-16+/t25-/m0/s1. The van der Waals surface area contributed by atoms with Gasteiger partial charge in [0.1, 0.15) is 5.76 Å². The number of hydrogen-bond donors (Lipinski definition) is 1. The SMILES string of the molecule is CCOC(=O)C1=C(C)N=c2s/c(=C/c3ccc(N4CC[NH+](C)CC4)o3)c(=O)n2[C@H]1c1ccc(OC)c(OC)c1. The van der Waals surface area contributed by atoms with Crippen LogP contribution in [0.3, 0.4) is 0 Å². The number of fused-ring (bicyclic) bond motifs is 1. The Morgan fingerprint density at radius 1 is 1.18 bits per heavy atom. The van der Waals surface area contributed by atoms with Crippen molar-refractivity contribution in [3.05, 3.63) is 72.6 Å². The monoisotopic (exact) mass is 553 g/mol. The van der Waals surface area contributed by atoms with Crippen LogP contribution in [-0.2, 0) is 9.53 Å². The molecule has 0 spiro atoms. The first-order valence-electron chi connectivity index (χ1n) is 12.9. The molecule has 10 nitrogen and oxygen atoms in total. The Kier molecular flexibility index (Phi) is 7.62. The van der Waals surface area contributed by atoms with Crippen LogP contribution in [0, 0.1) is 0 Å². The normalized spacial score (nSPS) is 18.1. The van der Waals surface area contributed by atoms with E-state index < -0.39 is 12.0 Å². The smallest absolute Gasteiger partial charge is 0.338 e. The number of methoxy groups -OCH3 is 2. The summed E-state index contributed by atoms with van der Waals surface area (Å²) in [6.07, 6.45) is 1.74. The van der Waals surface area contributed by atoms with E-state index in [1.54, 1.807) is 50.8 Å². The van der Waals surface area contributed by atoms with Crippen LogP contribution in [0.4, 0.5) is 5.88 Å². The Labute approximate surface area is 230 Å². The maximum absolute atomic E-state index is 13.9. The molecule has 1 N–H and O–H groups in total. The van der Waals surface area contributed by atoms with Gasteiger partial charge in [-0.05, 0) is 37.6 Å². The molecule has 1 fully saturated rings. The molecule has 1 saturated heterocycles. The number of rotatable bonds is 7. The zero-order valence-corrected chi connectivity index (χ0v) is 23.6. The molecular weight excluding hydrogens is 520 g/mol. The maximum Gasteiger partial charge on any atom is 0.338 e. The summed E-state index contributed by atoms with van der Waals surface area (Å²) in [4.78, 5) is 35.8. The highest BCUT2D eigenvalue weighted by molar-refractivity contribution is 7.07. The Hall–Kier alpha value is -3.83. The lowest BCUT2D eigenvalue weighted by molar-refractivity contribution is -0.880. The number of nitrogens with one attached hydrogen (secondary N) is 1. The number of allylic oxidation sites excluding steroid dienone is 1. The Bertz CT molecular complexity index is 1590. The highest BCUT2D eigenvalue weighted by Crippen LogP contribution is 2.36. The van der Waals surface area contributed by atoms with Crippen LogP contribution in [0.2, 0.25) is 0 Å². The number of benzene rings is 1. The number of furan rings is 1. The number of aromatic nitrogens is 1. The third-order valence-electron chi connectivity index (χ3n) is 7.05. The van der Waals surface area contributed by atoms with E-state index in [0.29, 0.717) is 43.4 Å². The summed E-state index contributed by atoms with van der Waals surface area (Å²) in [5.41, 5.74) is 1.21. The summed E-state index contributed by atoms with van der Waals surface area (Å²) in [5, 5.41) is 0. The molecule has 206 valence electrons. The number of ether oxygens (including phenoxy) is 3. The minimum absolute atomic E-state index is 0.203. The van der Waals surface area contributed by atoms with Gasteiger partial charge in [0.15, 0.2) is 22.2 Å². The van der Waals surface area contributed by atoms with E-state index in [4.69, 9.17) is 18.6 Å². The summed E-state index contributed by atoms with van der Waals surface area (Å²) in [6, 6.07) is 8.42. The zero-order valence-electron chi connectivity index (χ0n) is 22.8. The largest absolute Gasteiger partial charge is 0.493 e. The van der Waals surface area contributed by atoms with Gasteiger partial charge in [0.05, 0.1) is 75.9 Å². The lowest BCUT2D eigenvalue weighted by Gasteiger charge is -2.29. The van der Waals surface area contributed by atoms with Crippen LogP contribution >= 0.6 is 11.3 Å². The number of thiazole rings is 1. The van der Waals surface area contributed by atoms with Crippen molar-refractivity contribution in [2.75, 3.05) is 59.0 Å². The third kappa shape index (κ3) is 5.11. The van der Waals surface area contributed by atoms with Crippen molar-refractivity contribution in [1.82, 2.24) is 4.57 Å². The molecule has 11 heteroatoms. The van der Waals surface area contributed by atoms with Crippen molar-refractivity contribution in [2.24, 2.45) is 4.99 Å². The number of nitrogens with zero attached hydrogens (tertiary/aromatic N) is 3. The molecule has 39 heavy (non-hydrogen) atoms. The van der Waals surface area contributed by atoms with Gasteiger partial charge in [0.2, 0.25) is 0 Å². The van der Waals surface area contributed by atoms with Crippen molar-refractivity contribution in [1.29, 1.82) is 0 Å². The number of anilines is 1. The highest BCUT2D eigenvalue weighted by Gasteiger charge is 2.34. The minimum Gasteiger partial charge on any atom is -0.493 e. The van der Waals surface area contributed by atoms with Crippen LogP contribution in [0.5, 0.6) is 11.5 Å². The molecule has 5 rings (SSSR count). The van der Waals surface area contributed by atoms with Crippen molar-refractivity contribution in [2.45, 2.75) is 19.9 Å². The van der Waals surface area contributed by atoms with Gasteiger partial charge in [-0.3, -0.25) is 9.36 Å². The molecule has 0 bridgehead atoms. The first-order chi connectivity index (χ1) is 18.8. The van der Waals surface area contributed by atoms with Crippen LogP contribution in [0.25, 0.3) is 6.08 Å². The predicted octanol–water partition coefficient (Wildman–Crippen LogP) is 0.743. The number of carbonyl (C=O) groups is 1. The molecule has 0 amide bonds. The first kappa shape index (κ1) is 26.8. The summed E-state index contributed by atoms with van der Waals surface area (Å²) in [6.45, 7) is 7.64. The molecule has 2 aliphatic rings. The van der Waals surface area contributed by atoms with Gasteiger partial charge < -0.3 is 28.4 Å². The second kappa shape index (κ2) is 11.1. The Morgan fingerprint density at radius 2 is 1.92 bits per heavy atom. The van der Waals surface area contributed by atoms with Crippen molar-refractivity contribution in [3.8, 4) is 11.5 Å². The van der Waals surface area contributed by atoms with Crippen molar-refractivity contribution >= 4 is 29.3 Å². The van der Waals surface area contributed by atoms with E-state index in [-0.39, 0.29) is 12.2 Å². The second-order valence-electron chi connectivity index (χ2n) is 9.54. The van der Waals surface area contributed by atoms with E-state index in [0.717, 1.165) is 32.1 Å². The molecule has 4 heterocycles. The molecular formula is C28H33N4O6S+. The number of hydrogen-bond acceptors (Lipinski definition) is 9. The summed E-state index contributed by atoms with van der Waals surface area (Å²) < 4.78 is 24.4. The van der Waals surface area contributed by atoms with E-state index in [2.05, 4.69) is 16.9 Å². The van der Waals surface area contributed by atoms with Gasteiger partial charge in [0, 0.05) is 12.1 Å². The fourth-order valence-electron chi connectivity index (χ4n) is 4.96. The van der Waals surface area contributed by atoms with Gasteiger partial charge in [-0.2, -0.15) is 0 Å². The van der Waals surface area contributed by atoms with Crippen LogP contribution < -0.4 is 34.2 Å². The van der Waals surface area contributed by atoms with Crippen molar-refractivity contribution < 1.29 is 28.3 Å². The summed E-state index contributed by atoms with van der Waals surface area (Å²) in [7, 11) is 5.29. The number of esters is 1. The number of carbonyl (C=O) groups excluding carboxylic acids is 1. The maximum atomic E-state index is 13.9. The molecule has 2 aliphatic heterocycles. The summed E-state index contributed by atoms with van der Waals surface area (Å²) >= 11 is 1.26. The average Bonchev–Trinajstić information content (AvgIpc) is 3.52. The quantitative estimate of drug-likeness (QED) is 0.431. The van der Waals surface area contributed by atoms with Crippen molar-refractivity contribution in [3.63, 3.8) is 0 Å². The van der Waals surface area contributed by atoms with E-state index in [1.165, 1.54) is 16.2 Å². The van der Waals surface area contributed by atoms with Gasteiger partial charge in [0.25, 0.3) is 5.56 Å². The van der Waals surface area contributed by atoms with Crippen LogP contribution in [-0.4, -0.2) is 64.6 Å². The van der Waals surface area contributed by atoms with Crippen LogP contribution in [0.1, 0.15) is 31.2 Å². The second-order valence-corrected chi connectivity index (χ2v) is 10.5. The molecule has 3 aromatic rings. The Morgan fingerprint density at radius 3 is 2.62 bits per heavy atom. The molecule has 0 radical (unpaired) electrons. The fourth-order valence-corrected chi connectivity index (χ4v) is 5.98. The van der Waals surface area contributed by atoms with Gasteiger partial charge in [-0.15, -0.1) is 0 Å². The average molecular weight is 554 g/mol. The summed E-state index contributed by atoms with van der Waals surface area (Å²) in [5.74, 6) is 1.90. The van der Waals surface area contributed by atoms with Crippen LogP contribution in [0.15, 0.2) is 55.8 Å².